The van der Waals surface area contributed by atoms with E-state index in [0.717, 1.165) is 49.2 Å². The topological polar surface area (TPSA) is 75.2 Å². The van der Waals surface area contributed by atoms with E-state index in [9.17, 15) is 14.7 Å². The Labute approximate surface area is 152 Å². The number of nitrogens with zero attached hydrogens (tertiary/aromatic N) is 1. The van der Waals surface area contributed by atoms with Crippen LogP contribution < -0.4 is 15.4 Å². The Balaban J connectivity index is 1.66. The number of hydrogen-bond donors (Lipinski definition) is 2. The zero-order chi connectivity index (χ0) is 18.3. The van der Waals surface area contributed by atoms with Gasteiger partial charge >= 0.3 is 5.63 Å². The molecule has 2 N–H and O–H groups in total. The lowest BCUT2D eigenvalue weighted by atomic mass is 9.98. The molecule has 0 spiro atoms. The summed E-state index contributed by atoms with van der Waals surface area (Å²) in [6, 6.07) is 4.72. The maximum Gasteiger partial charge on any atom is 0.360 e. The molecule has 2 aromatic rings. The second kappa shape index (κ2) is 6.76. The summed E-state index contributed by atoms with van der Waals surface area (Å²) in [7, 11) is 0. The Morgan fingerprint density at radius 1 is 1.35 bits per heavy atom. The SMILES string of the molecule is CC1CC[NH+](CC(=O)N2CCCc3c2c(=O)oc2ccc(O)cc32)CC1. The summed E-state index contributed by atoms with van der Waals surface area (Å²) in [5.41, 5.74) is 1.17. The van der Waals surface area contributed by atoms with Crippen LogP contribution >= 0.6 is 0 Å². The molecule has 6 nitrogen and oxygen atoms in total. The van der Waals surface area contributed by atoms with Gasteiger partial charge in [-0.1, -0.05) is 6.92 Å². The van der Waals surface area contributed by atoms with Gasteiger partial charge in [0.25, 0.3) is 5.91 Å². The second-order valence-corrected chi connectivity index (χ2v) is 7.66. The molecule has 2 aliphatic rings. The third kappa shape index (κ3) is 3.09. The van der Waals surface area contributed by atoms with Gasteiger partial charge in [0.15, 0.2) is 6.54 Å². The first-order valence-electron chi connectivity index (χ1n) is 9.45. The number of carbonyl (C=O) groups is 1. The zero-order valence-corrected chi connectivity index (χ0v) is 15.1. The van der Waals surface area contributed by atoms with Crippen LogP contribution in [0.2, 0.25) is 0 Å². The van der Waals surface area contributed by atoms with Gasteiger partial charge in [0.05, 0.1) is 13.1 Å². The van der Waals surface area contributed by atoms with Crippen molar-refractivity contribution in [2.24, 2.45) is 5.92 Å². The number of fused-ring (bicyclic) bond motifs is 3. The van der Waals surface area contributed by atoms with E-state index in [0.29, 0.717) is 30.8 Å². The summed E-state index contributed by atoms with van der Waals surface area (Å²) in [4.78, 5) is 28.4. The fourth-order valence-corrected chi connectivity index (χ4v) is 4.20. The second-order valence-electron chi connectivity index (χ2n) is 7.66. The number of nitrogens with one attached hydrogen (secondary N) is 1. The highest BCUT2D eigenvalue weighted by Crippen LogP contribution is 2.32. The first-order valence-corrected chi connectivity index (χ1v) is 9.45. The van der Waals surface area contributed by atoms with Gasteiger partial charge < -0.3 is 19.3 Å². The summed E-state index contributed by atoms with van der Waals surface area (Å²) in [5.74, 6) is 0.849. The fraction of sp³-hybridized carbons (Fsp3) is 0.500. The monoisotopic (exact) mass is 357 g/mol. The van der Waals surface area contributed by atoms with Crippen molar-refractivity contribution in [3.63, 3.8) is 0 Å². The van der Waals surface area contributed by atoms with Crippen LogP contribution in [0.1, 0.15) is 31.7 Å². The van der Waals surface area contributed by atoms with Crippen LogP contribution in [0, 0.1) is 5.92 Å². The number of phenolic OH excluding ortho intramolecular Hbond substituents is 1. The largest absolute Gasteiger partial charge is 0.508 e. The van der Waals surface area contributed by atoms with Gasteiger partial charge in [-0.05, 0) is 55.4 Å². The number of benzene rings is 1. The Morgan fingerprint density at radius 3 is 2.88 bits per heavy atom. The predicted octanol–water partition coefficient (Wildman–Crippen LogP) is 1.09. The zero-order valence-electron chi connectivity index (χ0n) is 15.1. The van der Waals surface area contributed by atoms with E-state index in [1.807, 2.05) is 0 Å². The number of phenols is 1. The first kappa shape index (κ1) is 17.1. The fourth-order valence-electron chi connectivity index (χ4n) is 4.20. The molecule has 1 fully saturated rings. The number of aryl methyl sites for hydroxylation is 1. The molecule has 26 heavy (non-hydrogen) atoms. The molecule has 6 heteroatoms. The van der Waals surface area contributed by atoms with Crippen molar-refractivity contribution in [1.82, 2.24) is 0 Å². The summed E-state index contributed by atoms with van der Waals surface area (Å²) in [5, 5.41) is 10.5. The predicted molar refractivity (Wildman–Crippen MR) is 98.8 cm³/mol. The van der Waals surface area contributed by atoms with Crippen LogP contribution in [0.25, 0.3) is 11.0 Å². The van der Waals surface area contributed by atoms with Crippen molar-refractivity contribution in [2.75, 3.05) is 31.1 Å². The minimum absolute atomic E-state index is 0.0118. The van der Waals surface area contributed by atoms with Gasteiger partial charge in [0.2, 0.25) is 0 Å². The van der Waals surface area contributed by atoms with Crippen LogP contribution in [-0.4, -0.2) is 37.2 Å². The average molecular weight is 357 g/mol. The van der Waals surface area contributed by atoms with Crippen molar-refractivity contribution < 1.29 is 19.2 Å². The van der Waals surface area contributed by atoms with E-state index >= 15 is 0 Å². The molecule has 0 aliphatic carbocycles. The number of anilines is 1. The Morgan fingerprint density at radius 2 is 2.12 bits per heavy atom. The highest BCUT2D eigenvalue weighted by Gasteiger charge is 2.31. The molecule has 138 valence electrons. The van der Waals surface area contributed by atoms with Crippen LogP contribution in [0.15, 0.2) is 27.4 Å². The summed E-state index contributed by atoms with van der Waals surface area (Å²) >= 11 is 0. The maximum atomic E-state index is 12.9. The summed E-state index contributed by atoms with van der Waals surface area (Å²) in [6.07, 6.45) is 3.80. The molecule has 4 rings (SSSR count). The van der Waals surface area contributed by atoms with Crippen molar-refractivity contribution in [3.8, 4) is 5.75 Å². The number of hydrogen-bond acceptors (Lipinski definition) is 4. The molecular weight excluding hydrogens is 332 g/mol. The standard InChI is InChI=1S/C20H24N2O4/c1-13-6-9-21(10-7-13)12-18(24)22-8-2-3-15-16-11-14(23)4-5-17(16)26-20(25)19(15)22/h4-5,11,13,23H,2-3,6-10,12H2,1H3/p+1. The maximum absolute atomic E-state index is 12.9. The van der Waals surface area contributed by atoms with Crippen LogP contribution in [0.5, 0.6) is 5.75 Å². The highest BCUT2D eigenvalue weighted by molar-refractivity contribution is 5.98. The number of amides is 1. The molecule has 1 aromatic heterocycles. The number of rotatable bonds is 2. The lowest BCUT2D eigenvalue weighted by Crippen LogP contribution is -3.14. The first-order chi connectivity index (χ1) is 12.5. The molecule has 1 amide bonds. The third-order valence-corrected chi connectivity index (χ3v) is 5.73. The van der Waals surface area contributed by atoms with Crippen molar-refractivity contribution >= 4 is 22.6 Å². The number of piperidine rings is 1. The molecule has 0 unspecified atom stereocenters. The van der Waals surface area contributed by atoms with E-state index in [4.69, 9.17) is 4.42 Å². The van der Waals surface area contributed by atoms with Crippen molar-refractivity contribution in [2.45, 2.75) is 32.6 Å². The normalized spacial score (nSPS) is 23.0. The molecular formula is C20H25N2O4+. The van der Waals surface area contributed by atoms with Crippen LogP contribution in [0.4, 0.5) is 5.69 Å². The number of quaternary nitrogens is 1. The molecule has 0 saturated carbocycles. The van der Waals surface area contributed by atoms with Gasteiger partial charge in [0, 0.05) is 11.9 Å². The van der Waals surface area contributed by atoms with Gasteiger partial charge in [-0.15, -0.1) is 0 Å². The van der Waals surface area contributed by atoms with E-state index in [1.54, 1.807) is 17.0 Å². The molecule has 0 atom stereocenters. The minimum atomic E-state index is -0.464. The van der Waals surface area contributed by atoms with Gasteiger partial charge in [-0.3, -0.25) is 4.79 Å². The minimum Gasteiger partial charge on any atom is -0.508 e. The number of carbonyl (C=O) groups excluding carboxylic acids is 1. The average Bonchev–Trinajstić information content (AvgIpc) is 2.64. The number of aromatic hydroxyl groups is 1. The third-order valence-electron chi connectivity index (χ3n) is 5.73. The number of likely N-dealkylation sites (tertiary alicyclic amines) is 1. The Bertz CT molecular complexity index is 897. The van der Waals surface area contributed by atoms with E-state index in [-0.39, 0.29) is 11.7 Å². The smallest absolute Gasteiger partial charge is 0.360 e. The summed E-state index contributed by atoms with van der Waals surface area (Å²) < 4.78 is 5.43. The van der Waals surface area contributed by atoms with E-state index in [2.05, 4.69) is 6.92 Å². The lowest BCUT2D eigenvalue weighted by molar-refractivity contribution is -0.898. The molecule has 2 aliphatic heterocycles. The van der Waals surface area contributed by atoms with Gasteiger partial charge in [0.1, 0.15) is 17.0 Å². The summed E-state index contributed by atoms with van der Waals surface area (Å²) in [6.45, 7) is 5.24. The van der Waals surface area contributed by atoms with Gasteiger partial charge in [-0.25, -0.2) is 4.79 Å². The van der Waals surface area contributed by atoms with Crippen molar-refractivity contribution in [1.29, 1.82) is 0 Å². The van der Waals surface area contributed by atoms with E-state index < -0.39 is 5.63 Å². The van der Waals surface area contributed by atoms with Gasteiger partial charge in [-0.2, -0.15) is 0 Å². The van der Waals surface area contributed by atoms with Crippen molar-refractivity contribution in [3.05, 3.63) is 34.2 Å². The molecule has 0 bridgehead atoms. The van der Waals surface area contributed by atoms with Crippen LogP contribution in [0.3, 0.4) is 0 Å². The quantitative estimate of drug-likeness (QED) is 0.789. The molecule has 1 saturated heterocycles. The van der Waals surface area contributed by atoms with E-state index in [1.165, 1.54) is 11.0 Å². The van der Waals surface area contributed by atoms with Crippen LogP contribution in [-0.2, 0) is 11.2 Å². The lowest BCUT2D eigenvalue weighted by Gasteiger charge is -2.31. The Hall–Kier alpha value is -2.34. The Kier molecular flexibility index (Phi) is 4.44. The molecule has 0 radical (unpaired) electrons. The molecule has 3 heterocycles. The molecule has 1 aromatic carbocycles. The highest BCUT2D eigenvalue weighted by atomic mass is 16.4.